The number of halogens is 4. The molecule has 2 aliphatic rings. The number of alkyl halides is 2. The van der Waals surface area contributed by atoms with Crippen LogP contribution in [0, 0.1) is 18.5 Å². The van der Waals surface area contributed by atoms with E-state index in [1.165, 1.54) is 19.1 Å². The summed E-state index contributed by atoms with van der Waals surface area (Å²) < 4.78 is 26.3. The molecule has 0 radical (unpaired) electrons. The lowest BCUT2D eigenvalue weighted by atomic mass is 9.75. The molecule has 0 saturated carbocycles. The second-order valence-corrected chi connectivity index (χ2v) is 20.5. The summed E-state index contributed by atoms with van der Waals surface area (Å²) in [7, 11) is 0. The van der Waals surface area contributed by atoms with Crippen molar-refractivity contribution in [1.82, 2.24) is 15.9 Å². The molecule has 0 aliphatic carbocycles. The van der Waals surface area contributed by atoms with E-state index >= 15 is 0 Å². The molecular formula is C29H38I4N4O2. The number of nitrogens with zero attached hydrogens (tertiary/aromatic N) is 2. The third-order valence-corrected chi connectivity index (χ3v) is 18.2. The largest absolute Gasteiger partial charge is 0.471 e. The van der Waals surface area contributed by atoms with Gasteiger partial charge in [-0.1, -0.05) is 127 Å². The highest BCUT2D eigenvalue weighted by molar-refractivity contribution is 14.3. The number of hydrogen-bond acceptors (Lipinski definition) is 6. The third kappa shape index (κ3) is 8.03. The van der Waals surface area contributed by atoms with E-state index in [0.717, 1.165) is 48.8 Å². The minimum absolute atomic E-state index is 0.0610. The molecule has 6 nitrogen and oxygen atoms in total. The van der Waals surface area contributed by atoms with Crippen molar-refractivity contribution in [2.24, 2.45) is 11.3 Å². The van der Waals surface area contributed by atoms with Gasteiger partial charge in [-0.15, -0.1) is 5.53 Å². The molecule has 3 N–H and O–H groups in total. The number of hydrazine groups is 2. The molecule has 0 unspecified atom stereocenters. The summed E-state index contributed by atoms with van der Waals surface area (Å²) in [5.74, 6) is 1.44. The molecule has 2 aromatic rings. The first-order chi connectivity index (χ1) is 18.8. The smallest absolute Gasteiger partial charge is 0.188 e. The van der Waals surface area contributed by atoms with Gasteiger partial charge in [0.2, 0.25) is 0 Å². The normalized spacial score (nSPS) is 18.3. The minimum Gasteiger partial charge on any atom is -0.471 e. The number of anilines is 1. The fourth-order valence-electron chi connectivity index (χ4n) is 4.82. The highest BCUT2D eigenvalue weighted by Crippen LogP contribution is 2.36. The fourth-order valence-corrected chi connectivity index (χ4v) is 11.5. The maximum atomic E-state index is 9.93. The number of aliphatic hydroxyl groups excluding tert-OH is 1. The SMILES string of the molecule is C=Ic1ccc(N2C=C(c3ccc(CN4CCC[C@H](C(C)(C)CO)C4)c(OC(I=C)I=C)c3)NN2)cc1I=C. The summed E-state index contributed by atoms with van der Waals surface area (Å²) >= 11 is -1.02. The van der Waals surface area contributed by atoms with Crippen LogP contribution in [0.1, 0.15) is 37.8 Å². The van der Waals surface area contributed by atoms with Crippen LogP contribution in [-0.4, -0.2) is 49.9 Å². The molecule has 39 heavy (non-hydrogen) atoms. The molecule has 0 aromatic heterocycles. The van der Waals surface area contributed by atoms with Crippen molar-refractivity contribution in [2.75, 3.05) is 24.7 Å². The second-order valence-electron chi connectivity index (χ2n) is 10.2. The molecule has 0 spiro atoms. The predicted octanol–water partition coefficient (Wildman–Crippen LogP) is 6.36. The van der Waals surface area contributed by atoms with Crippen molar-refractivity contribution in [2.45, 2.75) is 35.4 Å². The summed E-state index contributed by atoms with van der Waals surface area (Å²) in [6, 6.07) is 13.2. The van der Waals surface area contributed by atoms with Crippen LogP contribution in [0.3, 0.4) is 0 Å². The quantitative estimate of drug-likeness (QED) is 0.170. The van der Waals surface area contributed by atoms with E-state index in [2.05, 4.69) is 90.4 Å². The Balaban J connectivity index is 1.59. The predicted molar refractivity (Wildman–Crippen MR) is 205 cm³/mol. The molecule has 2 aliphatic heterocycles. The Morgan fingerprint density at radius 3 is 2.54 bits per heavy atom. The summed E-state index contributed by atoms with van der Waals surface area (Å²) in [4.78, 5) is 2.53. The van der Waals surface area contributed by atoms with E-state index in [1.54, 1.807) is 0 Å². The Labute approximate surface area is 272 Å². The van der Waals surface area contributed by atoms with Gasteiger partial charge in [0, 0.05) is 44.2 Å². The Bertz CT molecular complexity index is 1260. The molecule has 0 bridgehead atoms. The van der Waals surface area contributed by atoms with E-state index in [0.29, 0.717) is 5.92 Å². The monoisotopic (exact) mass is 982 g/mol. The minimum atomic E-state index is -0.295. The lowest BCUT2D eigenvalue weighted by Gasteiger charge is -2.40. The first-order valence-electron chi connectivity index (χ1n) is 12.6. The number of likely N-dealkylation sites (tertiary alicyclic amines) is 1. The van der Waals surface area contributed by atoms with Crippen LogP contribution >= 0.6 is 82.9 Å². The summed E-state index contributed by atoms with van der Waals surface area (Å²) in [6.45, 7) is 7.51. The van der Waals surface area contributed by atoms with Crippen LogP contribution in [0.2, 0.25) is 0 Å². The van der Waals surface area contributed by atoms with Gasteiger partial charge >= 0.3 is 0 Å². The van der Waals surface area contributed by atoms with Crippen molar-refractivity contribution < 1.29 is 9.84 Å². The molecule has 2 heterocycles. The Morgan fingerprint density at radius 2 is 1.85 bits per heavy atom. The molecule has 1 fully saturated rings. The number of benzene rings is 2. The topological polar surface area (TPSA) is 60.0 Å². The van der Waals surface area contributed by atoms with Gasteiger partial charge < -0.3 is 15.3 Å². The van der Waals surface area contributed by atoms with Gasteiger partial charge in [-0.2, -0.15) is 0 Å². The molecule has 4 rings (SSSR count). The third-order valence-electron chi connectivity index (χ3n) is 7.29. The average Bonchev–Trinajstić information content (AvgIpc) is 3.47. The standard InChI is InChI=1S/C29H38I4N4O2/c1-29(2,19-38)22-8-7-13-36(17-22)16-21-10-9-20(14-27(21)39-28(32-5)33-6)26-18-37(35-34-26)23-11-12-24(30-3)25(15-23)31-4/h9-12,14-15,18,22,28,34-35,38H,3-8,13,16-17,19H2,1-2H3/t22-/m0/s1. The van der Waals surface area contributed by atoms with Crippen molar-refractivity contribution in [3.8, 4) is 5.75 Å². The van der Waals surface area contributed by atoms with Crippen molar-refractivity contribution in [1.29, 1.82) is 0 Å². The fraction of sp³-hybridized carbons (Fsp3) is 0.379. The van der Waals surface area contributed by atoms with E-state index < -0.39 is 0 Å². The van der Waals surface area contributed by atoms with Gasteiger partial charge in [0.05, 0.1) is 11.4 Å². The summed E-state index contributed by atoms with van der Waals surface area (Å²) in [6.07, 6.45) is 4.44. The van der Waals surface area contributed by atoms with Gasteiger partial charge in [0.1, 0.15) is 5.75 Å². The highest BCUT2D eigenvalue weighted by atomic mass is 127. The highest BCUT2D eigenvalue weighted by Gasteiger charge is 2.33. The summed E-state index contributed by atoms with van der Waals surface area (Å²) in [5.41, 5.74) is 11.0. The van der Waals surface area contributed by atoms with Crippen LogP contribution in [0.25, 0.3) is 5.70 Å². The lowest BCUT2D eigenvalue weighted by molar-refractivity contribution is 0.0380. The number of nitrogens with one attached hydrogen (secondary N) is 2. The molecular weight excluding hydrogens is 944 g/mol. The molecule has 0 amide bonds. The van der Waals surface area contributed by atoms with Crippen LogP contribution in [0.5, 0.6) is 5.75 Å². The number of ether oxygens (including phenoxy) is 1. The molecule has 214 valence electrons. The van der Waals surface area contributed by atoms with Gasteiger partial charge in [0.15, 0.2) is 2.12 Å². The molecule has 10 heteroatoms. The van der Waals surface area contributed by atoms with Crippen molar-refractivity contribution in [3.63, 3.8) is 0 Å². The first kappa shape index (κ1) is 31.8. The number of hydrogen-bond donors (Lipinski definition) is 3. The Hall–Kier alpha value is -0.140. The lowest BCUT2D eigenvalue weighted by Crippen LogP contribution is -2.42. The van der Waals surface area contributed by atoms with Crippen LogP contribution in [-0.2, 0) is 6.54 Å². The zero-order valence-corrected chi connectivity index (χ0v) is 31.2. The zero-order valence-electron chi connectivity index (χ0n) is 22.5. The summed E-state index contributed by atoms with van der Waals surface area (Å²) in [5, 5.41) is 12.0. The number of aliphatic hydroxyl groups is 1. The Morgan fingerprint density at radius 1 is 1.08 bits per heavy atom. The maximum absolute atomic E-state index is 9.93. The van der Waals surface area contributed by atoms with Gasteiger partial charge in [0.25, 0.3) is 0 Å². The van der Waals surface area contributed by atoms with Crippen LogP contribution < -0.4 is 20.7 Å². The zero-order chi connectivity index (χ0) is 28.0. The van der Waals surface area contributed by atoms with E-state index in [9.17, 15) is 5.11 Å². The maximum Gasteiger partial charge on any atom is 0.188 e. The van der Waals surface area contributed by atoms with Crippen LogP contribution in [0.4, 0.5) is 5.69 Å². The van der Waals surface area contributed by atoms with E-state index in [1.807, 2.05) is 5.01 Å². The van der Waals surface area contributed by atoms with Gasteiger partial charge in [-0.05, 0) is 55.0 Å². The Kier molecular flexibility index (Phi) is 12.1. The van der Waals surface area contributed by atoms with E-state index in [-0.39, 0.29) is 97.1 Å². The van der Waals surface area contributed by atoms with Gasteiger partial charge in [-0.25, -0.2) is 0 Å². The molecule has 1 atom stereocenters. The second kappa shape index (κ2) is 14.8. The van der Waals surface area contributed by atoms with E-state index in [4.69, 9.17) is 4.74 Å². The molecule has 2 aromatic carbocycles. The van der Waals surface area contributed by atoms with Gasteiger partial charge in [-0.3, -0.25) is 9.91 Å². The number of piperidine rings is 1. The van der Waals surface area contributed by atoms with Crippen molar-refractivity contribution >= 4 is 112 Å². The first-order valence-corrected chi connectivity index (χ1v) is 23.4. The number of rotatable bonds is 12. The average molecular weight is 982 g/mol. The van der Waals surface area contributed by atoms with Crippen molar-refractivity contribution in [3.05, 3.63) is 60.9 Å². The molecule has 1 saturated heterocycles. The van der Waals surface area contributed by atoms with Crippen LogP contribution in [0.15, 0.2) is 42.6 Å².